The summed E-state index contributed by atoms with van der Waals surface area (Å²) in [5.74, 6) is 0.892. The Morgan fingerprint density at radius 2 is 1.83 bits per heavy atom. The van der Waals surface area contributed by atoms with Crippen molar-refractivity contribution in [2.75, 3.05) is 31.1 Å². The molecule has 0 aliphatic carbocycles. The van der Waals surface area contributed by atoms with Crippen LogP contribution in [0.15, 0.2) is 22.6 Å². The van der Waals surface area contributed by atoms with Crippen molar-refractivity contribution in [1.29, 1.82) is 0 Å². The molecule has 1 aromatic carbocycles. The lowest BCUT2D eigenvalue weighted by molar-refractivity contribution is -0.132. The highest BCUT2D eigenvalue weighted by Gasteiger charge is 2.35. The van der Waals surface area contributed by atoms with Gasteiger partial charge in [0.05, 0.1) is 0 Å². The molecule has 2 bridgehead atoms. The molecule has 2 atom stereocenters. The second kappa shape index (κ2) is 9.11. The van der Waals surface area contributed by atoms with E-state index >= 15 is 0 Å². The second-order valence-electron chi connectivity index (χ2n) is 8.51. The topological polar surface area (TPSA) is 61.6 Å². The van der Waals surface area contributed by atoms with Crippen LogP contribution in [0.25, 0.3) is 11.1 Å². The highest BCUT2D eigenvalue weighted by atomic mass is 35.5. The van der Waals surface area contributed by atoms with Crippen molar-refractivity contribution in [3.05, 3.63) is 23.8 Å². The molecule has 0 saturated carbocycles. The number of piperazine rings is 1. The number of rotatable bonds is 3. The molecule has 3 aliphatic rings. The number of carbonyl (C=O) groups excluding carboxylic acids is 1. The van der Waals surface area contributed by atoms with E-state index in [1.54, 1.807) is 0 Å². The Balaban J connectivity index is 0.00000120. The first kappa shape index (κ1) is 22.2. The summed E-state index contributed by atoms with van der Waals surface area (Å²) in [5, 5.41) is 3.66. The van der Waals surface area contributed by atoms with E-state index in [1.807, 2.05) is 23.1 Å². The molecule has 0 radical (unpaired) electrons. The molecule has 4 heterocycles. The number of hydrogen-bond donors (Lipinski definition) is 1. The number of amides is 1. The maximum Gasteiger partial charge on any atom is 0.298 e. The minimum atomic E-state index is 0. The lowest BCUT2D eigenvalue weighted by Gasteiger charge is -2.35. The second-order valence-corrected chi connectivity index (χ2v) is 8.51. The first-order valence-electron chi connectivity index (χ1n) is 10.3. The van der Waals surface area contributed by atoms with Gasteiger partial charge in [-0.1, -0.05) is 6.07 Å². The summed E-state index contributed by atoms with van der Waals surface area (Å²) in [6.07, 6.45) is 5.64. The standard InChI is InChI=1S/C21H28N4O2.2ClH/c1-14-2-5-19-18(10-14)23-21(27-19)25-8-6-24(7-9-25)20(26)13-15-11-16-3-4-17(12-15)22-16;;/h2,5,10,15-17,22H,3-4,6-9,11-13H2,1H3;2*1H. The molecule has 5 rings (SSSR count). The Morgan fingerprint density at radius 3 is 2.52 bits per heavy atom. The number of carbonyl (C=O) groups is 1. The van der Waals surface area contributed by atoms with Crippen molar-refractivity contribution in [2.45, 2.75) is 51.1 Å². The molecular formula is C21H30Cl2N4O2. The average Bonchev–Trinajstić information content (AvgIpc) is 3.24. The summed E-state index contributed by atoms with van der Waals surface area (Å²) in [5.41, 5.74) is 2.92. The lowest BCUT2D eigenvalue weighted by atomic mass is 9.89. The molecule has 160 valence electrons. The molecule has 1 amide bonds. The van der Waals surface area contributed by atoms with Crippen molar-refractivity contribution in [3.63, 3.8) is 0 Å². The number of oxazole rings is 1. The molecule has 8 heteroatoms. The first-order valence-corrected chi connectivity index (χ1v) is 10.3. The van der Waals surface area contributed by atoms with Gasteiger partial charge >= 0.3 is 0 Å². The van der Waals surface area contributed by atoms with E-state index in [1.165, 1.54) is 31.2 Å². The zero-order chi connectivity index (χ0) is 18.4. The monoisotopic (exact) mass is 440 g/mol. The fourth-order valence-corrected chi connectivity index (χ4v) is 5.03. The zero-order valence-electron chi connectivity index (χ0n) is 16.8. The predicted octanol–water partition coefficient (Wildman–Crippen LogP) is 3.55. The Bertz CT molecular complexity index is 838. The van der Waals surface area contributed by atoms with Gasteiger partial charge in [-0.05, 0) is 56.2 Å². The van der Waals surface area contributed by atoms with Crippen LogP contribution in [-0.2, 0) is 4.79 Å². The van der Waals surface area contributed by atoms with Crippen LogP contribution in [0.5, 0.6) is 0 Å². The van der Waals surface area contributed by atoms with Crippen LogP contribution in [0, 0.1) is 12.8 Å². The van der Waals surface area contributed by atoms with Gasteiger partial charge in [-0.15, -0.1) is 24.8 Å². The first-order chi connectivity index (χ1) is 13.1. The minimum Gasteiger partial charge on any atom is -0.423 e. The van der Waals surface area contributed by atoms with Gasteiger partial charge in [-0.25, -0.2) is 0 Å². The van der Waals surface area contributed by atoms with Gasteiger partial charge in [0.2, 0.25) is 5.91 Å². The van der Waals surface area contributed by atoms with Crippen LogP contribution in [0.2, 0.25) is 0 Å². The van der Waals surface area contributed by atoms with Crippen LogP contribution in [0.4, 0.5) is 6.01 Å². The fourth-order valence-electron chi connectivity index (χ4n) is 5.03. The highest BCUT2D eigenvalue weighted by molar-refractivity contribution is 5.85. The molecule has 3 aliphatic heterocycles. The quantitative estimate of drug-likeness (QED) is 0.790. The van der Waals surface area contributed by atoms with Crippen LogP contribution in [-0.4, -0.2) is 54.1 Å². The average molecular weight is 441 g/mol. The van der Waals surface area contributed by atoms with Crippen molar-refractivity contribution in [3.8, 4) is 0 Å². The minimum absolute atomic E-state index is 0. The maximum absolute atomic E-state index is 12.8. The molecule has 29 heavy (non-hydrogen) atoms. The van der Waals surface area contributed by atoms with Crippen molar-refractivity contribution < 1.29 is 9.21 Å². The largest absolute Gasteiger partial charge is 0.423 e. The normalized spacial score (nSPS) is 26.2. The van der Waals surface area contributed by atoms with E-state index in [2.05, 4.69) is 22.1 Å². The molecule has 2 unspecified atom stereocenters. The third-order valence-electron chi connectivity index (χ3n) is 6.47. The highest BCUT2D eigenvalue weighted by Crippen LogP contribution is 2.33. The van der Waals surface area contributed by atoms with E-state index in [0.29, 0.717) is 29.9 Å². The molecule has 1 aromatic heterocycles. The fraction of sp³-hybridized carbons (Fsp3) is 0.619. The summed E-state index contributed by atoms with van der Waals surface area (Å²) in [6, 6.07) is 8.06. The van der Waals surface area contributed by atoms with Crippen molar-refractivity contribution in [1.82, 2.24) is 15.2 Å². The molecular weight excluding hydrogens is 411 g/mol. The SMILES string of the molecule is Cc1ccc2oc(N3CCN(C(=O)CC4CC5CCC(C4)N5)CC3)nc2c1.Cl.Cl. The van der Waals surface area contributed by atoms with Crippen molar-refractivity contribution in [2.24, 2.45) is 5.92 Å². The number of fused-ring (bicyclic) bond motifs is 3. The Hall–Kier alpha value is -1.50. The van der Waals surface area contributed by atoms with Gasteiger partial charge in [0.15, 0.2) is 5.58 Å². The summed E-state index contributed by atoms with van der Waals surface area (Å²) < 4.78 is 5.91. The van der Waals surface area contributed by atoms with Gasteiger partial charge < -0.3 is 19.5 Å². The summed E-state index contributed by atoms with van der Waals surface area (Å²) >= 11 is 0. The molecule has 1 N–H and O–H groups in total. The number of piperidine rings is 1. The number of anilines is 1. The van der Waals surface area contributed by atoms with Gasteiger partial charge in [-0.3, -0.25) is 4.79 Å². The number of nitrogens with one attached hydrogen (secondary N) is 1. The summed E-state index contributed by atoms with van der Waals surface area (Å²) in [7, 11) is 0. The van der Waals surface area contributed by atoms with Crippen LogP contribution < -0.4 is 10.2 Å². The lowest BCUT2D eigenvalue weighted by Crippen LogP contribution is -2.49. The summed E-state index contributed by atoms with van der Waals surface area (Å²) in [6.45, 7) is 5.15. The van der Waals surface area contributed by atoms with E-state index in [0.717, 1.165) is 43.7 Å². The predicted molar refractivity (Wildman–Crippen MR) is 119 cm³/mol. The molecule has 6 nitrogen and oxygen atoms in total. The van der Waals surface area contributed by atoms with E-state index in [4.69, 9.17) is 4.42 Å². The van der Waals surface area contributed by atoms with E-state index in [9.17, 15) is 4.79 Å². The van der Waals surface area contributed by atoms with E-state index in [-0.39, 0.29) is 24.8 Å². The molecule has 3 fully saturated rings. The van der Waals surface area contributed by atoms with Gasteiger partial charge in [0, 0.05) is 44.7 Å². The zero-order valence-corrected chi connectivity index (χ0v) is 18.4. The Labute approximate surface area is 184 Å². The third kappa shape index (κ3) is 4.65. The van der Waals surface area contributed by atoms with Crippen LogP contribution in [0.1, 0.15) is 37.7 Å². The van der Waals surface area contributed by atoms with Gasteiger partial charge in [0.25, 0.3) is 6.01 Å². The number of aromatic nitrogens is 1. The number of halogens is 2. The number of benzene rings is 1. The van der Waals surface area contributed by atoms with E-state index < -0.39 is 0 Å². The Morgan fingerprint density at radius 1 is 1.14 bits per heavy atom. The van der Waals surface area contributed by atoms with Crippen LogP contribution >= 0.6 is 24.8 Å². The molecule has 3 saturated heterocycles. The maximum atomic E-state index is 12.8. The summed E-state index contributed by atoms with van der Waals surface area (Å²) in [4.78, 5) is 21.6. The van der Waals surface area contributed by atoms with Gasteiger partial charge in [0.1, 0.15) is 5.52 Å². The number of hydrogen-bond acceptors (Lipinski definition) is 5. The number of nitrogens with zero attached hydrogens (tertiary/aromatic N) is 3. The molecule has 2 aromatic rings. The van der Waals surface area contributed by atoms with Crippen LogP contribution in [0.3, 0.4) is 0 Å². The van der Waals surface area contributed by atoms with Crippen molar-refractivity contribution >= 4 is 47.8 Å². The number of aryl methyl sites for hydroxylation is 1. The molecule has 0 spiro atoms. The third-order valence-corrected chi connectivity index (χ3v) is 6.47. The van der Waals surface area contributed by atoms with Gasteiger partial charge in [-0.2, -0.15) is 4.98 Å². The smallest absolute Gasteiger partial charge is 0.298 e. The Kier molecular flexibility index (Phi) is 6.97.